The van der Waals surface area contributed by atoms with Crippen molar-refractivity contribution < 1.29 is 34.5 Å². The maximum absolute atomic E-state index is 14.2. The highest BCUT2D eigenvalue weighted by molar-refractivity contribution is 5.91. The summed E-state index contributed by atoms with van der Waals surface area (Å²) in [5, 5.41) is 36.1. The van der Waals surface area contributed by atoms with Crippen LogP contribution in [0.2, 0.25) is 0 Å². The molecule has 2 aliphatic rings. The van der Waals surface area contributed by atoms with Gasteiger partial charge in [-0.15, -0.1) is 0 Å². The summed E-state index contributed by atoms with van der Waals surface area (Å²) in [7, 11) is 0. The molecule has 306 valence electrons. The number of piperidine rings is 1. The van der Waals surface area contributed by atoms with Gasteiger partial charge in [-0.25, -0.2) is 4.98 Å². The third-order valence-electron chi connectivity index (χ3n) is 10.9. The Kier molecular flexibility index (Phi) is 18.4. The van der Waals surface area contributed by atoms with Crippen LogP contribution in [0.3, 0.4) is 0 Å². The number of pyridine rings is 1. The van der Waals surface area contributed by atoms with E-state index in [1.165, 1.54) is 12.7 Å². The summed E-state index contributed by atoms with van der Waals surface area (Å²) >= 11 is 0. The average molecular weight is 776 g/mol. The van der Waals surface area contributed by atoms with Crippen molar-refractivity contribution in [3.63, 3.8) is 0 Å². The van der Waals surface area contributed by atoms with Crippen LogP contribution in [0, 0.1) is 17.8 Å². The molecule has 1 aromatic carbocycles. The van der Waals surface area contributed by atoms with Crippen LogP contribution in [-0.4, -0.2) is 103 Å². The summed E-state index contributed by atoms with van der Waals surface area (Å²) in [5.74, 6) is -1.81. The third-order valence-corrected chi connectivity index (χ3v) is 10.9. The minimum atomic E-state index is -1.22. The summed E-state index contributed by atoms with van der Waals surface area (Å²) in [6.45, 7) is 2.91. The standard InChI is InChI=1S/C40H57N7O5.C2H4O2/c41-25-30-16-19-47(20-17-30)37(49)23-31(21-28-9-3-1-4-10-28)39(51)46-35(24-33-26-42-27-44-33)40(52)45-34(22-29-11-5-2-6-12-29)38(50)36(48)15-14-32-13-7-8-18-43-32;1-2(3)4/h1,3-4,7-10,13,18,26-27,29-31,34-36,38,48,50H,2,5-6,11-12,14-17,19-25,41H2,(H,42,44)(H,45,52)(H,46,51);1H3,(H,3,4)/t31-,34+,35+,36+,38-;/m1./s1. The Hall–Kier alpha value is -4.66. The number of carboxylic acid groups (broad SMARTS) is 1. The third kappa shape index (κ3) is 15.1. The number of carbonyl (C=O) groups is 4. The van der Waals surface area contributed by atoms with Crippen LogP contribution >= 0.6 is 0 Å². The molecule has 0 bridgehead atoms. The maximum Gasteiger partial charge on any atom is 0.300 e. The van der Waals surface area contributed by atoms with Crippen molar-refractivity contribution in [1.29, 1.82) is 0 Å². The van der Waals surface area contributed by atoms with E-state index in [1.54, 1.807) is 12.4 Å². The molecule has 8 N–H and O–H groups in total. The van der Waals surface area contributed by atoms with Crippen LogP contribution in [0.1, 0.15) is 88.1 Å². The molecule has 5 atom stereocenters. The zero-order valence-corrected chi connectivity index (χ0v) is 32.6. The number of aliphatic hydroxyl groups is 2. The number of H-pyrrole nitrogens is 1. The van der Waals surface area contributed by atoms with Gasteiger partial charge < -0.3 is 41.6 Å². The van der Waals surface area contributed by atoms with Crippen molar-refractivity contribution in [3.8, 4) is 0 Å². The first kappa shape index (κ1) is 44.1. The van der Waals surface area contributed by atoms with Crippen molar-refractivity contribution in [2.75, 3.05) is 19.6 Å². The second kappa shape index (κ2) is 23.4. The van der Waals surface area contributed by atoms with Crippen molar-refractivity contribution in [2.24, 2.45) is 23.5 Å². The highest BCUT2D eigenvalue weighted by atomic mass is 16.4. The Morgan fingerprint density at radius 3 is 2.20 bits per heavy atom. The average Bonchev–Trinajstić information content (AvgIpc) is 3.73. The minimum absolute atomic E-state index is 0.0102. The lowest BCUT2D eigenvalue weighted by atomic mass is 9.82. The zero-order chi connectivity index (χ0) is 40.3. The fourth-order valence-electron chi connectivity index (χ4n) is 7.65. The highest BCUT2D eigenvalue weighted by Gasteiger charge is 2.35. The lowest BCUT2D eigenvalue weighted by molar-refractivity contribution is -0.138. The molecule has 0 spiro atoms. The lowest BCUT2D eigenvalue weighted by Crippen LogP contribution is -2.56. The number of amides is 3. The number of aromatic amines is 1. The number of benzene rings is 1. The van der Waals surface area contributed by atoms with Crippen LogP contribution in [0.15, 0.2) is 67.3 Å². The van der Waals surface area contributed by atoms with E-state index in [4.69, 9.17) is 15.6 Å². The van der Waals surface area contributed by atoms with E-state index in [2.05, 4.69) is 25.6 Å². The van der Waals surface area contributed by atoms with E-state index in [-0.39, 0.29) is 25.2 Å². The first-order chi connectivity index (χ1) is 27.0. The summed E-state index contributed by atoms with van der Waals surface area (Å²) < 4.78 is 0. The molecule has 0 unspecified atom stereocenters. The molecule has 1 aliphatic heterocycles. The molecule has 2 aromatic heterocycles. The van der Waals surface area contributed by atoms with Gasteiger partial charge in [0.15, 0.2) is 0 Å². The van der Waals surface area contributed by atoms with Crippen molar-refractivity contribution >= 4 is 23.7 Å². The normalized spacial score (nSPS) is 17.7. The number of nitrogens with two attached hydrogens (primary N) is 1. The summed E-state index contributed by atoms with van der Waals surface area (Å²) in [6.07, 6.45) is 11.3. The van der Waals surface area contributed by atoms with Crippen molar-refractivity contribution in [3.05, 3.63) is 84.2 Å². The molecule has 1 aliphatic carbocycles. The number of nitrogens with zero attached hydrogens (tertiary/aromatic N) is 3. The molecule has 5 rings (SSSR count). The van der Waals surface area contributed by atoms with Gasteiger partial charge in [-0.2, -0.15) is 0 Å². The molecule has 14 nitrogen and oxygen atoms in total. The highest BCUT2D eigenvalue weighted by Crippen LogP contribution is 2.29. The Labute approximate surface area is 330 Å². The van der Waals surface area contributed by atoms with E-state index < -0.39 is 48.0 Å². The summed E-state index contributed by atoms with van der Waals surface area (Å²) in [5.41, 5.74) is 8.18. The van der Waals surface area contributed by atoms with E-state index in [9.17, 15) is 24.6 Å². The molecule has 1 saturated heterocycles. The number of aliphatic hydroxyl groups excluding tert-OH is 2. The molecular weight excluding hydrogens is 715 g/mol. The zero-order valence-electron chi connectivity index (χ0n) is 32.6. The first-order valence-electron chi connectivity index (χ1n) is 20.1. The van der Waals surface area contributed by atoms with Gasteiger partial charge in [0.1, 0.15) is 12.1 Å². The first-order valence-corrected chi connectivity index (χ1v) is 20.1. The summed E-state index contributed by atoms with van der Waals surface area (Å²) in [4.78, 5) is 64.3. The Morgan fingerprint density at radius 1 is 0.875 bits per heavy atom. The number of carboxylic acids is 1. The second-order valence-electron chi connectivity index (χ2n) is 15.3. The minimum Gasteiger partial charge on any atom is -0.481 e. The Bertz CT molecular complexity index is 1590. The van der Waals surface area contributed by atoms with E-state index >= 15 is 0 Å². The van der Waals surface area contributed by atoms with Crippen LogP contribution in [0.25, 0.3) is 0 Å². The number of aliphatic carboxylic acids is 1. The van der Waals surface area contributed by atoms with Gasteiger partial charge in [0, 0.05) is 50.9 Å². The van der Waals surface area contributed by atoms with Gasteiger partial charge in [-0.05, 0) is 74.6 Å². The molecule has 3 heterocycles. The number of likely N-dealkylation sites (tertiary alicyclic amines) is 1. The molecule has 1 saturated carbocycles. The molecule has 2 fully saturated rings. The van der Waals surface area contributed by atoms with Gasteiger partial charge >= 0.3 is 0 Å². The van der Waals surface area contributed by atoms with Gasteiger partial charge in [0.25, 0.3) is 5.97 Å². The smallest absolute Gasteiger partial charge is 0.300 e. The van der Waals surface area contributed by atoms with Crippen LogP contribution in [0.5, 0.6) is 0 Å². The number of imidazole rings is 1. The Morgan fingerprint density at radius 2 is 1.57 bits per heavy atom. The predicted octanol–water partition coefficient (Wildman–Crippen LogP) is 3.18. The molecule has 3 amide bonds. The molecular formula is C42H61N7O7. The SMILES string of the molecule is CC(=O)O.NCC1CCN(C(=O)C[C@@H](Cc2ccccc2)C(=O)N[C@@H](Cc2c[nH]cn2)C(=O)N[C@@H](CC2CCCCC2)[C@@H](O)[C@@H](O)CCc2ccccn2)CC1. The van der Waals surface area contributed by atoms with Crippen molar-refractivity contribution in [2.45, 2.75) is 115 Å². The predicted molar refractivity (Wildman–Crippen MR) is 212 cm³/mol. The monoisotopic (exact) mass is 775 g/mol. The van der Waals surface area contributed by atoms with E-state index in [0.29, 0.717) is 56.4 Å². The second-order valence-corrected chi connectivity index (χ2v) is 15.3. The number of aromatic nitrogens is 3. The van der Waals surface area contributed by atoms with Crippen molar-refractivity contribution in [1.82, 2.24) is 30.5 Å². The quantitative estimate of drug-likeness (QED) is 0.1000. The molecule has 56 heavy (non-hydrogen) atoms. The van der Waals surface area contributed by atoms with E-state index in [1.807, 2.05) is 53.4 Å². The molecule has 14 heteroatoms. The number of rotatable bonds is 18. The van der Waals surface area contributed by atoms with Crippen LogP contribution in [0.4, 0.5) is 0 Å². The largest absolute Gasteiger partial charge is 0.481 e. The van der Waals surface area contributed by atoms with Gasteiger partial charge in [0.05, 0.1) is 30.1 Å². The summed E-state index contributed by atoms with van der Waals surface area (Å²) in [6, 6.07) is 13.4. The number of hydrogen-bond acceptors (Lipinski definition) is 9. The number of hydrogen-bond donors (Lipinski definition) is 7. The lowest BCUT2D eigenvalue weighted by Gasteiger charge is -2.34. The van der Waals surface area contributed by atoms with Crippen LogP contribution < -0.4 is 16.4 Å². The topological polar surface area (TPSA) is 224 Å². The fraction of sp³-hybridized carbons (Fsp3) is 0.571. The van der Waals surface area contributed by atoms with Gasteiger partial charge in [0.2, 0.25) is 17.7 Å². The maximum atomic E-state index is 14.2. The number of aryl methyl sites for hydroxylation is 1. The van der Waals surface area contributed by atoms with E-state index in [0.717, 1.165) is 56.7 Å². The molecule has 0 radical (unpaired) electrons. The molecule has 3 aromatic rings. The van der Waals surface area contributed by atoms with Gasteiger partial charge in [-0.1, -0.05) is 68.5 Å². The Balaban J connectivity index is 0.00000166. The number of carbonyl (C=O) groups excluding carboxylic acids is 3. The van der Waals surface area contributed by atoms with Crippen LogP contribution in [-0.2, 0) is 38.4 Å². The fourth-order valence-corrected chi connectivity index (χ4v) is 7.65. The van der Waals surface area contributed by atoms with Gasteiger partial charge in [-0.3, -0.25) is 24.2 Å². The number of nitrogens with one attached hydrogen (secondary N) is 3.